The zero-order valence-electron chi connectivity index (χ0n) is 9.54. The van der Waals surface area contributed by atoms with Gasteiger partial charge < -0.3 is 5.73 Å². The van der Waals surface area contributed by atoms with Gasteiger partial charge in [-0.15, -0.1) is 0 Å². The topological polar surface area (TPSA) is 38.9 Å². The summed E-state index contributed by atoms with van der Waals surface area (Å²) in [4.78, 5) is 4.51. The van der Waals surface area contributed by atoms with Crippen LogP contribution in [0.2, 0.25) is 0 Å². The Morgan fingerprint density at radius 2 is 1.79 bits per heavy atom. The molecule has 2 nitrogen and oxygen atoms in total. The number of nitrogens with zero attached hydrogens (tertiary/aromatic N) is 1. The van der Waals surface area contributed by atoms with Crippen LogP contribution in [0.5, 0.6) is 0 Å². The Morgan fingerprint density at radius 3 is 2.21 bits per heavy atom. The molecule has 0 saturated heterocycles. The van der Waals surface area contributed by atoms with Crippen LogP contribution in [0, 0.1) is 0 Å². The minimum absolute atomic E-state index is 0.471. The van der Waals surface area contributed by atoms with Gasteiger partial charge in [0.05, 0.1) is 5.69 Å². The predicted octanol–water partition coefficient (Wildman–Crippen LogP) is 2.79. The maximum Gasteiger partial charge on any atom is 0.0545 e. The number of rotatable bonds is 3. The van der Waals surface area contributed by atoms with Crippen LogP contribution in [0.4, 0.5) is 0 Å². The van der Waals surface area contributed by atoms with E-state index in [1.165, 1.54) is 5.56 Å². The zero-order chi connectivity index (χ0) is 10.7. The van der Waals surface area contributed by atoms with Crippen molar-refractivity contribution in [2.45, 2.75) is 46.1 Å². The summed E-state index contributed by atoms with van der Waals surface area (Å²) < 4.78 is 0. The average molecular weight is 192 g/mol. The van der Waals surface area contributed by atoms with Gasteiger partial charge in [-0.05, 0) is 29.5 Å². The van der Waals surface area contributed by atoms with E-state index in [0.29, 0.717) is 18.4 Å². The van der Waals surface area contributed by atoms with Crippen molar-refractivity contribution in [3.05, 3.63) is 29.1 Å². The van der Waals surface area contributed by atoms with E-state index in [9.17, 15) is 0 Å². The normalized spacial score (nSPS) is 11.4. The third-order valence-electron chi connectivity index (χ3n) is 2.39. The second kappa shape index (κ2) is 4.56. The van der Waals surface area contributed by atoms with E-state index in [0.717, 1.165) is 11.4 Å². The van der Waals surface area contributed by atoms with Gasteiger partial charge in [0.1, 0.15) is 0 Å². The molecule has 0 atom stereocenters. The van der Waals surface area contributed by atoms with Gasteiger partial charge in [0.15, 0.2) is 0 Å². The van der Waals surface area contributed by atoms with Crippen molar-refractivity contribution in [1.29, 1.82) is 0 Å². The highest BCUT2D eigenvalue weighted by Gasteiger charge is 2.07. The number of pyridine rings is 1. The molecule has 0 unspecified atom stereocenters. The SMILES string of the molecule is CC(C)c1cc(CN)nc(C(C)C)c1. The monoisotopic (exact) mass is 192 g/mol. The number of hydrogen-bond donors (Lipinski definition) is 1. The molecule has 0 aliphatic rings. The molecule has 2 N–H and O–H groups in total. The molecule has 0 saturated carbocycles. The fourth-order valence-corrected chi connectivity index (χ4v) is 1.37. The second-order valence-corrected chi connectivity index (χ2v) is 4.33. The van der Waals surface area contributed by atoms with Crippen molar-refractivity contribution in [3.63, 3.8) is 0 Å². The Hall–Kier alpha value is -0.890. The summed E-state index contributed by atoms with van der Waals surface area (Å²) in [5.74, 6) is 1.01. The quantitative estimate of drug-likeness (QED) is 0.799. The van der Waals surface area contributed by atoms with Gasteiger partial charge in [0.25, 0.3) is 0 Å². The third-order valence-corrected chi connectivity index (χ3v) is 2.39. The first-order valence-electron chi connectivity index (χ1n) is 5.25. The Balaban J connectivity index is 3.13. The number of aromatic nitrogens is 1. The van der Waals surface area contributed by atoms with E-state index in [-0.39, 0.29) is 0 Å². The van der Waals surface area contributed by atoms with Gasteiger partial charge in [0.2, 0.25) is 0 Å². The molecule has 0 aliphatic carbocycles. The van der Waals surface area contributed by atoms with Crippen LogP contribution in [0.25, 0.3) is 0 Å². The lowest BCUT2D eigenvalue weighted by Crippen LogP contribution is -2.05. The third kappa shape index (κ3) is 2.55. The zero-order valence-corrected chi connectivity index (χ0v) is 9.54. The van der Waals surface area contributed by atoms with Gasteiger partial charge in [-0.3, -0.25) is 4.98 Å². The summed E-state index contributed by atoms with van der Waals surface area (Å²) in [7, 11) is 0. The van der Waals surface area contributed by atoms with Gasteiger partial charge in [-0.25, -0.2) is 0 Å². The van der Waals surface area contributed by atoms with Crippen LogP contribution in [0.15, 0.2) is 12.1 Å². The van der Waals surface area contributed by atoms with Crippen LogP contribution >= 0.6 is 0 Å². The maximum absolute atomic E-state index is 5.63. The summed E-state index contributed by atoms with van der Waals surface area (Å²) in [5, 5.41) is 0. The maximum atomic E-state index is 5.63. The molecule has 0 aromatic carbocycles. The highest BCUT2D eigenvalue weighted by atomic mass is 14.8. The van der Waals surface area contributed by atoms with Crippen molar-refractivity contribution < 1.29 is 0 Å². The van der Waals surface area contributed by atoms with E-state index in [1.807, 2.05) is 0 Å². The molecule has 14 heavy (non-hydrogen) atoms. The summed E-state index contributed by atoms with van der Waals surface area (Å²) in [5.41, 5.74) is 9.11. The molecule has 0 bridgehead atoms. The van der Waals surface area contributed by atoms with Crippen molar-refractivity contribution in [2.24, 2.45) is 5.73 Å². The molecule has 0 spiro atoms. The van der Waals surface area contributed by atoms with Crippen molar-refractivity contribution in [3.8, 4) is 0 Å². The van der Waals surface area contributed by atoms with Crippen LogP contribution in [-0.2, 0) is 6.54 Å². The molecule has 0 amide bonds. The number of nitrogens with two attached hydrogens (primary N) is 1. The molecular weight excluding hydrogens is 172 g/mol. The molecule has 0 radical (unpaired) electrons. The molecule has 0 aliphatic heterocycles. The average Bonchev–Trinajstić information content (AvgIpc) is 2.16. The van der Waals surface area contributed by atoms with E-state index in [2.05, 4.69) is 44.8 Å². The van der Waals surface area contributed by atoms with E-state index < -0.39 is 0 Å². The Labute approximate surface area is 86.5 Å². The van der Waals surface area contributed by atoms with Crippen molar-refractivity contribution in [2.75, 3.05) is 0 Å². The fourth-order valence-electron chi connectivity index (χ4n) is 1.37. The van der Waals surface area contributed by atoms with Crippen LogP contribution < -0.4 is 5.73 Å². The second-order valence-electron chi connectivity index (χ2n) is 4.33. The van der Waals surface area contributed by atoms with E-state index >= 15 is 0 Å². The Morgan fingerprint density at radius 1 is 1.14 bits per heavy atom. The molecular formula is C12H20N2. The predicted molar refractivity (Wildman–Crippen MR) is 60.3 cm³/mol. The van der Waals surface area contributed by atoms with E-state index in [4.69, 9.17) is 5.73 Å². The first-order chi connectivity index (χ1) is 6.54. The van der Waals surface area contributed by atoms with Gasteiger partial charge in [-0.2, -0.15) is 0 Å². The van der Waals surface area contributed by atoms with E-state index in [1.54, 1.807) is 0 Å². The number of hydrogen-bond acceptors (Lipinski definition) is 2. The van der Waals surface area contributed by atoms with Gasteiger partial charge in [-0.1, -0.05) is 27.7 Å². The fraction of sp³-hybridized carbons (Fsp3) is 0.583. The molecule has 1 aromatic heterocycles. The molecule has 78 valence electrons. The molecule has 1 aromatic rings. The summed E-state index contributed by atoms with van der Waals surface area (Å²) in [6.45, 7) is 9.24. The largest absolute Gasteiger partial charge is 0.325 e. The highest BCUT2D eigenvalue weighted by Crippen LogP contribution is 2.20. The minimum atomic E-state index is 0.471. The molecule has 1 rings (SSSR count). The summed E-state index contributed by atoms with van der Waals surface area (Å²) >= 11 is 0. The van der Waals surface area contributed by atoms with Crippen molar-refractivity contribution in [1.82, 2.24) is 4.98 Å². The molecule has 2 heteroatoms. The molecule has 0 fully saturated rings. The van der Waals surface area contributed by atoms with Crippen molar-refractivity contribution >= 4 is 0 Å². The smallest absolute Gasteiger partial charge is 0.0545 e. The van der Waals surface area contributed by atoms with Gasteiger partial charge >= 0.3 is 0 Å². The van der Waals surface area contributed by atoms with Crippen LogP contribution in [0.1, 0.15) is 56.5 Å². The van der Waals surface area contributed by atoms with Gasteiger partial charge in [0, 0.05) is 12.2 Å². The molecule has 1 heterocycles. The lowest BCUT2D eigenvalue weighted by atomic mass is 9.99. The standard InChI is InChI=1S/C12H20N2/c1-8(2)10-5-11(7-13)14-12(6-10)9(3)4/h5-6,8-9H,7,13H2,1-4H3. The van der Waals surface area contributed by atoms with Crippen LogP contribution in [-0.4, -0.2) is 4.98 Å². The Bertz CT molecular complexity index is 277. The first-order valence-corrected chi connectivity index (χ1v) is 5.25. The summed E-state index contributed by atoms with van der Waals surface area (Å²) in [6, 6.07) is 4.30. The lowest BCUT2D eigenvalue weighted by molar-refractivity contribution is 0.780. The lowest BCUT2D eigenvalue weighted by Gasteiger charge is -2.12. The van der Waals surface area contributed by atoms with Crippen LogP contribution in [0.3, 0.4) is 0 Å². The summed E-state index contributed by atoms with van der Waals surface area (Å²) in [6.07, 6.45) is 0. The highest BCUT2D eigenvalue weighted by molar-refractivity contribution is 5.25. The minimum Gasteiger partial charge on any atom is -0.325 e. The Kier molecular flexibility index (Phi) is 3.64. The first kappa shape index (κ1) is 11.2.